The van der Waals surface area contributed by atoms with Crippen LogP contribution in [0, 0.1) is 17.4 Å². The van der Waals surface area contributed by atoms with Gasteiger partial charge in [0.25, 0.3) is 11.8 Å². The maximum atomic E-state index is 13.3. The number of aromatic nitrogens is 1. The molecule has 0 spiro atoms. The predicted molar refractivity (Wildman–Crippen MR) is 163 cm³/mol. The highest BCUT2D eigenvalue weighted by Crippen LogP contribution is 2.36. The van der Waals surface area contributed by atoms with Crippen molar-refractivity contribution in [2.75, 3.05) is 31.5 Å². The van der Waals surface area contributed by atoms with Gasteiger partial charge in [-0.05, 0) is 91.0 Å². The molecular weight excluding hydrogens is 627 g/mol. The van der Waals surface area contributed by atoms with Crippen molar-refractivity contribution < 1.29 is 18.0 Å². The number of benzene rings is 2. The minimum Gasteiger partial charge on any atom is -0.358 e. The molecular formula is C29H33IN4O4S. The highest BCUT2D eigenvalue weighted by Gasteiger charge is 2.28. The van der Waals surface area contributed by atoms with E-state index in [-0.39, 0.29) is 22.5 Å². The van der Waals surface area contributed by atoms with Crippen LogP contribution in [-0.4, -0.2) is 56.3 Å². The number of H-pyrrole nitrogens is 1. The number of anilines is 1. The summed E-state index contributed by atoms with van der Waals surface area (Å²) < 4.78 is 27.4. The summed E-state index contributed by atoms with van der Waals surface area (Å²) in [6, 6.07) is 12.1. The van der Waals surface area contributed by atoms with Crippen LogP contribution in [0.15, 0.2) is 47.4 Å². The summed E-state index contributed by atoms with van der Waals surface area (Å²) in [4.78, 5) is 31.5. The van der Waals surface area contributed by atoms with Gasteiger partial charge in [-0.2, -0.15) is 0 Å². The number of nitrogens with zero attached hydrogens (tertiary/aromatic N) is 1. The van der Waals surface area contributed by atoms with E-state index in [2.05, 4.69) is 57.0 Å². The second-order valence-corrected chi connectivity index (χ2v) is 12.7. The lowest BCUT2D eigenvalue weighted by molar-refractivity contribution is -0.110. The molecule has 1 aromatic heterocycles. The molecule has 0 radical (unpaired) electrons. The predicted octanol–water partition coefficient (Wildman–Crippen LogP) is 4.77. The fourth-order valence-electron chi connectivity index (χ4n) is 4.77. The van der Waals surface area contributed by atoms with Gasteiger partial charge in [0, 0.05) is 39.3 Å². The van der Waals surface area contributed by atoms with Gasteiger partial charge in [0.1, 0.15) is 0 Å². The molecule has 2 aromatic carbocycles. The third kappa shape index (κ3) is 6.28. The van der Waals surface area contributed by atoms with Crippen molar-refractivity contribution in [3.8, 4) is 0 Å². The summed E-state index contributed by atoms with van der Waals surface area (Å²) in [6.07, 6.45) is 1.69. The van der Waals surface area contributed by atoms with Gasteiger partial charge in [0.2, 0.25) is 0 Å². The lowest BCUT2D eigenvalue weighted by Crippen LogP contribution is -2.35. The molecule has 0 unspecified atom stereocenters. The zero-order valence-corrected chi connectivity index (χ0v) is 25.5. The number of hydrogen-bond acceptors (Lipinski definition) is 5. The summed E-state index contributed by atoms with van der Waals surface area (Å²) >= 11 is 2.13. The third-order valence-corrected chi connectivity index (χ3v) is 9.75. The number of sulfone groups is 1. The first-order valence-electron chi connectivity index (χ1n) is 12.9. The topological polar surface area (TPSA) is 111 Å². The molecule has 2 heterocycles. The molecule has 0 bridgehead atoms. The minimum absolute atomic E-state index is 0.132. The van der Waals surface area contributed by atoms with Gasteiger partial charge in [-0.3, -0.25) is 9.59 Å². The van der Waals surface area contributed by atoms with Crippen LogP contribution in [0.25, 0.3) is 11.6 Å². The van der Waals surface area contributed by atoms with Crippen LogP contribution in [0.4, 0.5) is 5.69 Å². The van der Waals surface area contributed by atoms with E-state index in [0.29, 0.717) is 40.3 Å². The van der Waals surface area contributed by atoms with Gasteiger partial charge in [0.15, 0.2) is 9.84 Å². The monoisotopic (exact) mass is 660 g/mol. The molecule has 1 aliphatic rings. The zero-order chi connectivity index (χ0) is 28.3. The van der Waals surface area contributed by atoms with Gasteiger partial charge < -0.3 is 20.5 Å². The van der Waals surface area contributed by atoms with Crippen LogP contribution in [0.2, 0.25) is 0 Å². The Bertz CT molecular complexity index is 1560. The number of aromatic amines is 1. The normalized spacial score (nSPS) is 14.1. The second kappa shape index (κ2) is 12.1. The third-order valence-electron chi connectivity index (χ3n) is 7.04. The van der Waals surface area contributed by atoms with Crippen LogP contribution in [0.1, 0.15) is 52.3 Å². The van der Waals surface area contributed by atoms with E-state index in [4.69, 9.17) is 0 Å². The van der Waals surface area contributed by atoms with E-state index in [1.165, 1.54) is 6.07 Å². The van der Waals surface area contributed by atoms with E-state index in [0.717, 1.165) is 34.3 Å². The van der Waals surface area contributed by atoms with Gasteiger partial charge >= 0.3 is 0 Å². The maximum absolute atomic E-state index is 13.3. The molecule has 8 nitrogen and oxygen atoms in total. The molecule has 3 N–H and O–H groups in total. The number of amides is 2. The molecule has 0 atom stereocenters. The molecule has 2 amide bonds. The fourth-order valence-corrected chi connectivity index (χ4v) is 7.00. The van der Waals surface area contributed by atoms with Crippen molar-refractivity contribution in [1.82, 2.24) is 15.2 Å². The first-order chi connectivity index (χ1) is 18.6. The van der Waals surface area contributed by atoms with E-state index >= 15 is 0 Å². The fraction of sp³-hybridized carbons (Fsp3) is 0.310. The largest absolute Gasteiger partial charge is 0.358 e. The van der Waals surface area contributed by atoms with Crippen LogP contribution >= 0.6 is 22.6 Å². The van der Waals surface area contributed by atoms with E-state index in [1.807, 2.05) is 32.0 Å². The average molecular weight is 661 g/mol. The van der Waals surface area contributed by atoms with Gasteiger partial charge in [-0.25, -0.2) is 8.42 Å². The molecule has 10 heteroatoms. The number of nitrogens with one attached hydrogen (secondary N) is 3. The molecule has 0 fully saturated rings. The molecule has 0 aliphatic carbocycles. The number of carbonyl (C=O) groups excluding carboxylic acids is 2. The minimum atomic E-state index is -3.65. The maximum Gasteiger partial charge on any atom is 0.256 e. The van der Waals surface area contributed by atoms with Crippen molar-refractivity contribution >= 4 is 61.6 Å². The van der Waals surface area contributed by atoms with Crippen molar-refractivity contribution in [2.24, 2.45) is 0 Å². The highest BCUT2D eigenvalue weighted by molar-refractivity contribution is 14.1. The molecule has 4 rings (SSSR count). The zero-order valence-electron chi connectivity index (χ0n) is 22.5. The SMILES string of the molecule is CCN(CC)CCNC(=O)c1c(C)[nH]c(C=C2C(=O)Nc3ccc(S(=O)(=O)Cc4ccccc4I)cc32)c1C. The van der Waals surface area contributed by atoms with Gasteiger partial charge in [0.05, 0.1) is 21.8 Å². The van der Waals surface area contributed by atoms with Crippen LogP contribution in [-0.2, 0) is 20.4 Å². The smallest absolute Gasteiger partial charge is 0.256 e. The number of fused-ring (bicyclic) bond motifs is 1. The Morgan fingerprint density at radius 1 is 1.10 bits per heavy atom. The van der Waals surface area contributed by atoms with Crippen LogP contribution in [0.3, 0.4) is 0 Å². The number of halogens is 1. The number of aryl methyl sites for hydroxylation is 1. The molecule has 3 aromatic rings. The number of carbonyl (C=O) groups is 2. The molecule has 0 saturated carbocycles. The lowest BCUT2D eigenvalue weighted by atomic mass is 10.0. The van der Waals surface area contributed by atoms with Gasteiger partial charge in [-0.1, -0.05) is 32.0 Å². The van der Waals surface area contributed by atoms with E-state index in [9.17, 15) is 18.0 Å². The number of hydrogen-bond donors (Lipinski definition) is 3. The van der Waals surface area contributed by atoms with Gasteiger partial charge in [-0.15, -0.1) is 0 Å². The summed E-state index contributed by atoms with van der Waals surface area (Å²) in [6.45, 7) is 11.0. The standard InChI is InChI=1S/C29H33IN4O4S/c1-5-34(6-2)14-13-31-29(36)27-18(3)26(32-19(27)4)16-23-22-15-21(11-12-25(22)33-28(23)35)39(37,38)17-20-9-7-8-10-24(20)30/h7-12,15-16,32H,5-6,13-14,17H2,1-4H3,(H,31,36)(H,33,35). The van der Waals surface area contributed by atoms with E-state index in [1.54, 1.807) is 24.3 Å². The average Bonchev–Trinajstić information content (AvgIpc) is 3.36. The first-order valence-corrected chi connectivity index (χ1v) is 15.6. The summed E-state index contributed by atoms with van der Waals surface area (Å²) in [5.41, 5.74) is 4.74. The Labute approximate surface area is 243 Å². The molecule has 39 heavy (non-hydrogen) atoms. The summed E-state index contributed by atoms with van der Waals surface area (Å²) in [7, 11) is -3.65. The lowest BCUT2D eigenvalue weighted by Gasteiger charge is -2.18. The Hall–Kier alpha value is -2.96. The molecule has 1 aliphatic heterocycles. The Kier molecular flexibility index (Phi) is 8.97. The van der Waals surface area contributed by atoms with Crippen molar-refractivity contribution in [3.05, 3.63) is 79.7 Å². The van der Waals surface area contributed by atoms with Crippen molar-refractivity contribution in [1.29, 1.82) is 0 Å². The van der Waals surface area contributed by atoms with Crippen molar-refractivity contribution in [3.63, 3.8) is 0 Å². The Morgan fingerprint density at radius 2 is 1.82 bits per heavy atom. The Morgan fingerprint density at radius 3 is 2.51 bits per heavy atom. The summed E-state index contributed by atoms with van der Waals surface area (Å²) in [5.74, 6) is -0.625. The number of likely N-dealkylation sites (N-methyl/N-ethyl adjacent to an activating group) is 1. The Balaban J connectivity index is 1.62. The molecule has 0 saturated heterocycles. The second-order valence-electron chi connectivity index (χ2n) is 9.52. The first kappa shape index (κ1) is 29.0. The van der Waals surface area contributed by atoms with E-state index < -0.39 is 9.84 Å². The van der Waals surface area contributed by atoms with Crippen LogP contribution in [0.5, 0.6) is 0 Å². The molecule has 206 valence electrons. The number of rotatable bonds is 10. The summed E-state index contributed by atoms with van der Waals surface area (Å²) in [5, 5.41) is 5.81. The van der Waals surface area contributed by atoms with Crippen LogP contribution < -0.4 is 10.6 Å². The quantitative estimate of drug-likeness (QED) is 0.214. The van der Waals surface area contributed by atoms with Crippen molar-refractivity contribution in [2.45, 2.75) is 38.3 Å². The highest BCUT2D eigenvalue weighted by atomic mass is 127.